The van der Waals surface area contributed by atoms with Gasteiger partial charge >= 0.3 is 0 Å². The quantitative estimate of drug-likeness (QED) is 0.549. The second-order valence-electron chi connectivity index (χ2n) is 5.38. The Balaban J connectivity index is 1.46. The summed E-state index contributed by atoms with van der Waals surface area (Å²) in [5.74, 6) is -0.0658. The minimum absolute atomic E-state index is 0.0658. The van der Waals surface area contributed by atoms with Crippen molar-refractivity contribution in [1.29, 1.82) is 0 Å². The maximum Gasteiger partial charge on any atom is 0.265 e. The number of carbonyl (C=O) groups excluding carboxylic acids is 1. The van der Waals surface area contributed by atoms with Crippen molar-refractivity contribution in [2.75, 3.05) is 5.32 Å². The molecular weight excluding hydrogens is 336 g/mol. The van der Waals surface area contributed by atoms with Crippen LogP contribution in [0.25, 0.3) is 10.2 Å². The molecule has 0 aliphatic carbocycles. The molecule has 1 amide bonds. The van der Waals surface area contributed by atoms with Crippen molar-refractivity contribution >= 4 is 44.5 Å². The molecule has 0 bridgehead atoms. The van der Waals surface area contributed by atoms with Gasteiger partial charge in [-0.2, -0.15) is 0 Å². The van der Waals surface area contributed by atoms with Gasteiger partial charge in [-0.15, -0.1) is 22.7 Å². The van der Waals surface area contributed by atoms with Gasteiger partial charge in [0, 0.05) is 12.1 Å². The van der Waals surface area contributed by atoms with Crippen LogP contribution in [0.2, 0.25) is 0 Å². The molecule has 1 N–H and O–H groups in total. The predicted octanol–water partition coefficient (Wildman–Crippen LogP) is 5.20. The molecule has 0 saturated heterocycles. The van der Waals surface area contributed by atoms with Crippen LogP contribution in [0.3, 0.4) is 0 Å². The highest BCUT2D eigenvalue weighted by atomic mass is 32.1. The standard InChI is InChI=1S/C19H14N2OS2/c22-19(17-6-3-11-23-17)20-14-9-7-13(8-10-14)12-18-21-15-4-1-2-5-16(15)24-18/h1-11H,12H2,(H,20,22). The molecule has 2 heterocycles. The van der Waals surface area contributed by atoms with Gasteiger partial charge in [0.15, 0.2) is 0 Å². The van der Waals surface area contributed by atoms with E-state index in [-0.39, 0.29) is 5.91 Å². The fraction of sp³-hybridized carbons (Fsp3) is 0.0526. The number of hydrogen-bond donors (Lipinski definition) is 1. The summed E-state index contributed by atoms with van der Waals surface area (Å²) < 4.78 is 1.22. The van der Waals surface area contributed by atoms with E-state index in [4.69, 9.17) is 0 Å². The van der Waals surface area contributed by atoms with Crippen molar-refractivity contribution in [2.45, 2.75) is 6.42 Å². The number of rotatable bonds is 4. The minimum Gasteiger partial charge on any atom is -0.321 e. The Morgan fingerprint density at radius 2 is 1.83 bits per heavy atom. The molecule has 4 rings (SSSR count). The van der Waals surface area contributed by atoms with Gasteiger partial charge in [-0.25, -0.2) is 4.98 Å². The number of anilines is 1. The third-order valence-electron chi connectivity index (χ3n) is 3.65. The van der Waals surface area contributed by atoms with Crippen LogP contribution in [0.1, 0.15) is 20.2 Å². The maximum atomic E-state index is 12.0. The zero-order valence-corrected chi connectivity index (χ0v) is 14.4. The molecule has 2 aromatic carbocycles. The van der Waals surface area contributed by atoms with Crippen LogP contribution >= 0.6 is 22.7 Å². The first-order chi connectivity index (χ1) is 11.8. The first-order valence-corrected chi connectivity index (χ1v) is 9.26. The van der Waals surface area contributed by atoms with E-state index in [2.05, 4.69) is 16.4 Å². The van der Waals surface area contributed by atoms with Crippen LogP contribution in [0.15, 0.2) is 66.0 Å². The predicted molar refractivity (Wildman–Crippen MR) is 101 cm³/mol. The monoisotopic (exact) mass is 350 g/mol. The van der Waals surface area contributed by atoms with Gasteiger partial charge in [-0.1, -0.05) is 30.3 Å². The summed E-state index contributed by atoms with van der Waals surface area (Å²) in [4.78, 5) is 17.4. The lowest BCUT2D eigenvalue weighted by Crippen LogP contribution is -2.09. The van der Waals surface area contributed by atoms with Crippen LogP contribution in [0.5, 0.6) is 0 Å². The number of thiophene rings is 1. The third kappa shape index (κ3) is 3.22. The summed E-state index contributed by atoms with van der Waals surface area (Å²) in [6.45, 7) is 0. The number of benzene rings is 2. The molecule has 0 aliphatic rings. The van der Waals surface area contributed by atoms with E-state index in [0.717, 1.165) is 22.6 Å². The van der Waals surface area contributed by atoms with E-state index in [1.54, 1.807) is 11.3 Å². The first kappa shape index (κ1) is 15.1. The number of aromatic nitrogens is 1. The van der Waals surface area contributed by atoms with Gasteiger partial charge in [0.25, 0.3) is 5.91 Å². The number of amides is 1. The zero-order valence-electron chi connectivity index (χ0n) is 12.7. The molecule has 0 spiro atoms. The highest BCUT2D eigenvalue weighted by Crippen LogP contribution is 2.24. The molecule has 0 unspecified atom stereocenters. The van der Waals surface area contributed by atoms with Crippen molar-refractivity contribution in [1.82, 2.24) is 4.98 Å². The van der Waals surface area contributed by atoms with Gasteiger partial charge in [-0.05, 0) is 41.3 Å². The first-order valence-electron chi connectivity index (χ1n) is 7.56. The molecule has 0 aliphatic heterocycles. The number of fused-ring (bicyclic) bond motifs is 1. The van der Waals surface area contributed by atoms with Crippen molar-refractivity contribution < 1.29 is 4.79 Å². The highest BCUT2D eigenvalue weighted by Gasteiger charge is 2.07. The Morgan fingerprint density at radius 3 is 2.58 bits per heavy atom. The highest BCUT2D eigenvalue weighted by molar-refractivity contribution is 7.18. The smallest absolute Gasteiger partial charge is 0.265 e. The summed E-state index contributed by atoms with van der Waals surface area (Å²) in [5.41, 5.74) is 3.04. The lowest BCUT2D eigenvalue weighted by atomic mass is 10.1. The molecule has 3 nitrogen and oxygen atoms in total. The summed E-state index contributed by atoms with van der Waals surface area (Å²) in [5, 5.41) is 5.92. The Morgan fingerprint density at radius 1 is 1.00 bits per heavy atom. The van der Waals surface area contributed by atoms with E-state index in [0.29, 0.717) is 4.88 Å². The molecule has 0 atom stereocenters. The van der Waals surface area contributed by atoms with Crippen molar-refractivity contribution in [3.63, 3.8) is 0 Å². The normalized spacial score (nSPS) is 10.8. The Kier molecular flexibility index (Phi) is 4.11. The molecule has 0 radical (unpaired) electrons. The van der Waals surface area contributed by atoms with Crippen LogP contribution in [-0.4, -0.2) is 10.9 Å². The summed E-state index contributed by atoms with van der Waals surface area (Å²) in [6, 6.07) is 19.8. The lowest BCUT2D eigenvalue weighted by Gasteiger charge is -2.05. The second-order valence-corrected chi connectivity index (χ2v) is 7.44. The summed E-state index contributed by atoms with van der Waals surface area (Å²) in [7, 11) is 0. The number of nitrogens with zero attached hydrogens (tertiary/aromatic N) is 1. The van der Waals surface area contributed by atoms with Gasteiger partial charge in [0.05, 0.1) is 20.1 Å². The Hall–Kier alpha value is -2.50. The topological polar surface area (TPSA) is 42.0 Å². The van der Waals surface area contributed by atoms with Gasteiger partial charge < -0.3 is 5.32 Å². The van der Waals surface area contributed by atoms with E-state index in [1.807, 2.05) is 60.0 Å². The Labute approximate surface area is 147 Å². The van der Waals surface area contributed by atoms with Crippen molar-refractivity contribution in [3.05, 3.63) is 81.5 Å². The second kappa shape index (κ2) is 6.55. The lowest BCUT2D eigenvalue weighted by molar-refractivity contribution is 0.103. The largest absolute Gasteiger partial charge is 0.321 e. The Bertz CT molecular complexity index is 939. The van der Waals surface area contributed by atoms with E-state index < -0.39 is 0 Å². The van der Waals surface area contributed by atoms with Gasteiger partial charge in [0.1, 0.15) is 0 Å². The average Bonchev–Trinajstić information content (AvgIpc) is 3.25. The van der Waals surface area contributed by atoms with Crippen LogP contribution in [-0.2, 0) is 6.42 Å². The number of nitrogens with one attached hydrogen (secondary N) is 1. The van der Waals surface area contributed by atoms with Crippen molar-refractivity contribution in [2.24, 2.45) is 0 Å². The van der Waals surface area contributed by atoms with E-state index in [9.17, 15) is 4.79 Å². The van der Waals surface area contributed by atoms with Crippen LogP contribution < -0.4 is 5.32 Å². The zero-order chi connectivity index (χ0) is 16.4. The van der Waals surface area contributed by atoms with Crippen LogP contribution in [0, 0.1) is 0 Å². The van der Waals surface area contributed by atoms with Crippen molar-refractivity contribution in [3.8, 4) is 0 Å². The van der Waals surface area contributed by atoms with E-state index in [1.165, 1.54) is 21.6 Å². The molecule has 24 heavy (non-hydrogen) atoms. The van der Waals surface area contributed by atoms with Gasteiger partial charge in [0.2, 0.25) is 0 Å². The van der Waals surface area contributed by atoms with Gasteiger partial charge in [-0.3, -0.25) is 4.79 Å². The summed E-state index contributed by atoms with van der Waals surface area (Å²) >= 11 is 3.16. The average molecular weight is 350 g/mol. The SMILES string of the molecule is O=C(Nc1ccc(Cc2nc3ccccc3s2)cc1)c1cccs1. The molecule has 118 valence electrons. The maximum absolute atomic E-state index is 12.0. The minimum atomic E-state index is -0.0658. The molecule has 0 saturated carbocycles. The fourth-order valence-corrected chi connectivity index (χ4v) is 4.10. The van der Waals surface area contributed by atoms with E-state index >= 15 is 0 Å². The number of hydrogen-bond acceptors (Lipinski definition) is 4. The summed E-state index contributed by atoms with van der Waals surface area (Å²) in [6.07, 6.45) is 0.804. The number of para-hydroxylation sites is 1. The third-order valence-corrected chi connectivity index (χ3v) is 5.56. The fourth-order valence-electron chi connectivity index (χ4n) is 2.48. The molecule has 2 aromatic heterocycles. The van der Waals surface area contributed by atoms with Crippen LogP contribution in [0.4, 0.5) is 5.69 Å². The molecule has 0 fully saturated rings. The number of thiazole rings is 1. The number of carbonyl (C=O) groups is 1. The molecule has 5 heteroatoms. The molecular formula is C19H14N2OS2. The molecule has 4 aromatic rings.